The van der Waals surface area contributed by atoms with E-state index in [1.54, 1.807) is 0 Å². The van der Waals surface area contributed by atoms with Gasteiger partial charge in [0.05, 0.1) is 0 Å². The van der Waals surface area contributed by atoms with Crippen LogP contribution in [0.25, 0.3) is 11.6 Å². The average Bonchev–Trinajstić information content (AvgIpc) is 2.67. The van der Waals surface area contributed by atoms with Gasteiger partial charge in [-0.15, -0.1) is 0 Å². The van der Waals surface area contributed by atoms with E-state index in [9.17, 15) is 4.79 Å². The molecule has 0 spiro atoms. The van der Waals surface area contributed by atoms with Crippen LogP contribution in [0, 0.1) is 6.92 Å². The molecule has 0 saturated heterocycles. The van der Waals surface area contributed by atoms with Crippen LogP contribution in [0.3, 0.4) is 0 Å². The van der Waals surface area contributed by atoms with Crippen LogP contribution in [0.5, 0.6) is 0 Å². The Kier molecular flexibility index (Phi) is 1.99. The van der Waals surface area contributed by atoms with Crippen molar-refractivity contribution in [3.63, 3.8) is 0 Å². The number of hydrogen-bond donors (Lipinski definition) is 0. The van der Waals surface area contributed by atoms with Gasteiger partial charge in [-0.1, -0.05) is 24.3 Å². The maximum atomic E-state index is 12.2. The molecule has 0 radical (unpaired) electrons. The molecule has 0 bridgehead atoms. The highest BCUT2D eigenvalue weighted by Crippen LogP contribution is 2.43. The lowest BCUT2D eigenvalue weighted by Gasteiger charge is -2.16. The summed E-state index contributed by atoms with van der Waals surface area (Å²) in [4.78, 5) is 12.2. The van der Waals surface area contributed by atoms with Gasteiger partial charge in [0.15, 0.2) is 5.78 Å². The van der Waals surface area contributed by atoms with Crippen LogP contribution in [0.15, 0.2) is 41.0 Å². The molecule has 0 aromatic heterocycles. The Hall–Kier alpha value is -1.89. The van der Waals surface area contributed by atoms with Crippen LogP contribution in [0.4, 0.5) is 0 Å². The molecule has 0 unspecified atom stereocenters. The molecule has 0 amide bonds. The molecular formula is C16H14O. The maximum absolute atomic E-state index is 12.2. The Bertz CT molecular complexity index is 639. The minimum atomic E-state index is 0.168. The SMILES string of the molecule is CC1=CC(C)=C2C(=Cc3cccc(C)c32)C1=O. The van der Waals surface area contributed by atoms with Crippen molar-refractivity contribution in [2.45, 2.75) is 20.8 Å². The molecule has 1 nitrogen and oxygen atoms in total. The summed E-state index contributed by atoms with van der Waals surface area (Å²) in [5.74, 6) is 0.168. The van der Waals surface area contributed by atoms with Gasteiger partial charge in [0, 0.05) is 5.57 Å². The second-order valence-corrected chi connectivity index (χ2v) is 4.81. The largest absolute Gasteiger partial charge is 0.289 e. The lowest BCUT2D eigenvalue weighted by Crippen LogP contribution is -2.09. The van der Waals surface area contributed by atoms with Gasteiger partial charge >= 0.3 is 0 Å². The fourth-order valence-corrected chi connectivity index (χ4v) is 2.78. The summed E-state index contributed by atoms with van der Waals surface area (Å²) in [6, 6.07) is 6.23. The molecule has 0 aliphatic heterocycles. The molecule has 2 aliphatic rings. The monoisotopic (exact) mass is 222 g/mol. The van der Waals surface area contributed by atoms with Crippen molar-refractivity contribution in [2.75, 3.05) is 0 Å². The third-order valence-corrected chi connectivity index (χ3v) is 3.55. The quantitative estimate of drug-likeness (QED) is 0.654. The van der Waals surface area contributed by atoms with E-state index in [1.165, 1.54) is 22.3 Å². The van der Waals surface area contributed by atoms with E-state index in [0.29, 0.717) is 0 Å². The zero-order chi connectivity index (χ0) is 12.2. The van der Waals surface area contributed by atoms with E-state index < -0.39 is 0 Å². The van der Waals surface area contributed by atoms with Crippen molar-refractivity contribution in [1.82, 2.24) is 0 Å². The Balaban J connectivity index is 2.36. The Labute approximate surface area is 101 Å². The second-order valence-electron chi connectivity index (χ2n) is 4.81. The smallest absolute Gasteiger partial charge is 0.189 e. The van der Waals surface area contributed by atoms with E-state index in [0.717, 1.165) is 16.7 Å². The summed E-state index contributed by atoms with van der Waals surface area (Å²) in [5.41, 5.74) is 7.68. The van der Waals surface area contributed by atoms with Crippen molar-refractivity contribution < 1.29 is 4.79 Å². The molecule has 84 valence electrons. The van der Waals surface area contributed by atoms with E-state index in [4.69, 9.17) is 0 Å². The molecule has 0 heterocycles. The number of fused-ring (bicyclic) bond motifs is 3. The Morgan fingerprint density at radius 2 is 1.76 bits per heavy atom. The van der Waals surface area contributed by atoms with E-state index >= 15 is 0 Å². The van der Waals surface area contributed by atoms with Gasteiger partial charge in [0.25, 0.3) is 0 Å². The highest BCUT2D eigenvalue weighted by atomic mass is 16.1. The van der Waals surface area contributed by atoms with Crippen molar-refractivity contribution in [2.24, 2.45) is 0 Å². The fourth-order valence-electron chi connectivity index (χ4n) is 2.78. The number of benzene rings is 1. The molecule has 0 fully saturated rings. The minimum absolute atomic E-state index is 0.168. The number of ketones is 1. The molecule has 1 aromatic carbocycles. The highest BCUT2D eigenvalue weighted by molar-refractivity contribution is 6.26. The Morgan fingerprint density at radius 1 is 1.00 bits per heavy atom. The first kappa shape index (κ1) is 10.3. The zero-order valence-corrected chi connectivity index (χ0v) is 10.3. The lowest BCUT2D eigenvalue weighted by molar-refractivity contribution is -0.111. The number of carbonyl (C=O) groups is 1. The predicted molar refractivity (Wildman–Crippen MR) is 70.5 cm³/mol. The molecular weight excluding hydrogens is 208 g/mol. The third kappa shape index (κ3) is 1.29. The van der Waals surface area contributed by atoms with Crippen LogP contribution < -0.4 is 0 Å². The Morgan fingerprint density at radius 3 is 2.53 bits per heavy atom. The minimum Gasteiger partial charge on any atom is -0.289 e. The number of allylic oxidation sites excluding steroid dienone is 5. The van der Waals surface area contributed by atoms with Gasteiger partial charge in [-0.3, -0.25) is 4.79 Å². The normalized spacial score (nSPS) is 17.7. The molecule has 0 atom stereocenters. The van der Waals surface area contributed by atoms with Gasteiger partial charge in [0.1, 0.15) is 0 Å². The summed E-state index contributed by atoms with van der Waals surface area (Å²) in [7, 11) is 0. The van der Waals surface area contributed by atoms with Crippen molar-refractivity contribution in [3.05, 3.63) is 57.7 Å². The van der Waals surface area contributed by atoms with Crippen molar-refractivity contribution in [3.8, 4) is 0 Å². The van der Waals surface area contributed by atoms with Gasteiger partial charge in [0.2, 0.25) is 0 Å². The molecule has 0 N–H and O–H groups in total. The first-order chi connectivity index (χ1) is 8.09. The van der Waals surface area contributed by atoms with Crippen LogP contribution in [-0.2, 0) is 4.79 Å². The number of rotatable bonds is 0. The first-order valence-electron chi connectivity index (χ1n) is 5.85. The predicted octanol–water partition coefficient (Wildman–Crippen LogP) is 3.69. The zero-order valence-electron chi connectivity index (χ0n) is 10.3. The van der Waals surface area contributed by atoms with Gasteiger partial charge in [-0.25, -0.2) is 0 Å². The van der Waals surface area contributed by atoms with Gasteiger partial charge < -0.3 is 0 Å². The molecule has 17 heavy (non-hydrogen) atoms. The average molecular weight is 222 g/mol. The fraction of sp³-hybridized carbons (Fsp3) is 0.188. The summed E-state index contributed by atoms with van der Waals surface area (Å²) >= 11 is 0. The van der Waals surface area contributed by atoms with Crippen LogP contribution in [0.1, 0.15) is 30.5 Å². The van der Waals surface area contributed by atoms with Gasteiger partial charge in [-0.2, -0.15) is 0 Å². The lowest BCUT2D eigenvalue weighted by atomic mass is 9.86. The van der Waals surface area contributed by atoms with Gasteiger partial charge in [-0.05, 0) is 60.3 Å². The number of hydrogen-bond acceptors (Lipinski definition) is 1. The van der Waals surface area contributed by atoms with Crippen LogP contribution >= 0.6 is 0 Å². The number of carbonyl (C=O) groups excluding carboxylic acids is 1. The molecule has 2 aliphatic carbocycles. The molecule has 0 saturated carbocycles. The number of aryl methyl sites for hydroxylation is 1. The maximum Gasteiger partial charge on any atom is 0.189 e. The van der Waals surface area contributed by atoms with Crippen LogP contribution in [0.2, 0.25) is 0 Å². The molecule has 1 heteroatoms. The van der Waals surface area contributed by atoms with E-state index in [-0.39, 0.29) is 5.78 Å². The standard InChI is InChI=1S/C16H14O/c1-9-5-4-6-12-8-13-15(14(9)12)10(2)7-11(3)16(13)17/h4-8H,1-3H3. The summed E-state index contributed by atoms with van der Waals surface area (Å²) < 4.78 is 0. The van der Waals surface area contributed by atoms with E-state index in [2.05, 4.69) is 26.0 Å². The topological polar surface area (TPSA) is 17.1 Å². The van der Waals surface area contributed by atoms with Crippen molar-refractivity contribution in [1.29, 1.82) is 0 Å². The first-order valence-corrected chi connectivity index (χ1v) is 5.85. The molecule has 1 aromatic rings. The second kappa shape index (κ2) is 3.30. The number of Topliss-reactive ketones (excluding diaryl/α,β-unsaturated/α-hetero) is 1. The van der Waals surface area contributed by atoms with E-state index in [1.807, 2.05) is 25.1 Å². The summed E-state index contributed by atoms with van der Waals surface area (Å²) in [6.45, 7) is 6.07. The summed E-state index contributed by atoms with van der Waals surface area (Å²) in [6.07, 6.45) is 4.02. The van der Waals surface area contributed by atoms with Crippen LogP contribution in [-0.4, -0.2) is 5.78 Å². The van der Waals surface area contributed by atoms with Crippen molar-refractivity contribution >= 4 is 17.4 Å². The summed E-state index contributed by atoms with van der Waals surface area (Å²) in [5, 5.41) is 0. The third-order valence-electron chi connectivity index (χ3n) is 3.55. The molecule has 3 rings (SSSR count). The highest BCUT2D eigenvalue weighted by Gasteiger charge is 2.29.